The molecule has 26 heavy (non-hydrogen) atoms. The van der Waals surface area contributed by atoms with Crippen LogP contribution in [0, 0.1) is 0 Å². The Morgan fingerprint density at radius 1 is 1.15 bits per heavy atom. The molecule has 1 atom stereocenters. The molecule has 1 amide bonds. The van der Waals surface area contributed by atoms with Crippen LogP contribution < -0.4 is 0 Å². The van der Waals surface area contributed by atoms with E-state index in [1.165, 1.54) is 15.9 Å². The van der Waals surface area contributed by atoms with E-state index < -0.39 is 36.2 Å². The van der Waals surface area contributed by atoms with Crippen molar-refractivity contribution in [1.82, 2.24) is 9.80 Å². The van der Waals surface area contributed by atoms with E-state index in [0.29, 0.717) is 0 Å². The maximum Gasteiger partial charge on any atom is 0.416 e. The smallest absolute Gasteiger partial charge is 0.332 e. The summed E-state index contributed by atoms with van der Waals surface area (Å²) in [7, 11) is 0. The number of likely N-dealkylation sites (tertiary alicyclic amines) is 1. The van der Waals surface area contributed by atoms with Crippen molar-refractivity contribution >= 4 is 5.91 Å². The molecular weight excluding hydrogens is 355 g/mol. The summed E-state index contributed by atoms with van der Waals surface area (Å²) in [6.45, 7) is 4.62. The second-order valence-corrected chi connectivity index (χ2v) is 7.37. The first-order valence-electron chi connectivity index (χ1n) is 8.57. The van der Waals surface area contributed by atoms with Crippen LogP contribution in [0.2, 0.25) is 0 Å². The van der Waals surface area contributed by atoms with E-state index in [-0.39, 0.29) is 42.2 Å². The molecule has 8 heteroatoms. The molecule has 1 aromatic carbocycles. The number of benzene rings is 1. The summed E-state index contributed by atoms with van der Waals surface area (Å²) in [5.41, 5.74) is -0.604. The molecule has 0 aliphatic carbocycles. The molecular formula is C18H21F5N2O. The second-order valence-electron chi connectivity index (χ2n) is 7.37. The molecule has 144 valence electrons. The lowest BCUT2D eigenvalue weighted by molar-refractivity contribution is -0.138. The topological polar surface area (TPSA) is 23.6 Å². The van der Waals surface area contributed by atoms with Crippen LogP contribution in [0.25, 0.3) is 0 Å². The predicted octanol–water partition coefficient (Wildman–Crippen LogP) is 4.47. The van der Waals surface area contributed by atoms with Crippen LogP contribution in [0.3, 0.4) is 0 Å². The fourth-order valence-electron chi connectivity index (χ4n) is 3.67. The van der Waals surface area contributed by atoms with Gasteiger partial charge in [0.15, 0.2) is 0 Å². The summed E-state index contributed by atoms with van der Waals surface area (Å²) < 4.78 is 67.7. The van der Waals surface area contributed by atoms with Gasteiger partial charge in [-0.25, -0.2) is 8.78 Å². The zero-order valence-electron chi connectivity index (χ0n) is 14.8. The Labute approximate surface area is 148 Å². The van der Waals surface area contributed by atoms with Crippen LogP contribution in [0.1, 0.15) is 60.3 Å². The first-order valence-corrected chi connectivity index (χ1v) is 8.57. The molecule has 1 saturated heterocycles. The van der Waals surface area contributed by atoms with Crippen LogP contribution in [0.4, 0.5) is 22.0 Å². The van der Waals surface area contributed by atoms with Gasteiger partial charge in [-0.1, -0.05) is 0 Å². The standard InChI is InChI=1S/C18H21F5N2O/c1-10(2)25-8-14-13(16(25)26)6-12(7-15(14)18(21,22)23)11(3)24-5-4-17(19,20)9-24/h6-7,10-11H,4-5,8-9H2,1-3H3. The third-order valence-corrected chi connectivity index (χ3v) is 5.25. The molecule has 0 aromatic heterocycles. The first-order chi connectivity index (χ1) is 11.9. The van der Waals surface area contributed by atoms with E-state index in [1.807, 2.05) is 0 Å². The van der Waals surface area contributed by atoms with Gasteiger partial charge in [-0.3, -0.25) is 9.69 Å². The molecule has 2 heterocycles. The van der Waals surface area contributed by atoms with Crippen molar-refractivity contribution in [3.63, 3.8) is 0 Å². The second kappa shape index (κ2) is 6.18. The van der Waals surface area contributed by atoms with E-state index in [4.69, 9.17) is 0 Å². The van der Waals surface area contributed by atoms with Crippen molar-refractivity contribution in [1.29, 1.82) is 0 Å². The number of hydrogen-bond acceptors (Lipinski definition) is 2. The van der Waals surface area contributed by atoms with Gasteiger partial charge >= 0.3 is 6.18 Å². The van der Waals surface area contributed by atoms with Gasteiger partial charge in [0.25, 0.3) is 11.8 Å². The van der Waals surface area contributed by atoms with Gasteiger partial charge in [0.1, 0.15) is 0 Å². The summed E-state index contributed by atoms with van der Waals surface area (Å²) in [4.78, 5) is 15.4. The zero-order chi connectivity index (χ0) is 19.4. The number of rotatable bonds is 3. The Kier molecular flexibility index (Phi) is 4.53. The van der Waals surface area contributed by atoms with Crippen molar-refractivity contribution in [2.75, 3.05) is 13.1 Å². The lowest BCUT2D eigenvalue weighted by Gasteiger charge is -2.25. The lowest BCUT2D eigenvalue weighted by atomic mass is 9.95. The summed E-state index contributed by atoms with van der Waals surface area (Å²) in [6, 6.07) is 1.60. The minimum Gasteiger partial charge on any atom is -0.332 e. The SMILES string of the molecule is CC(c1cc2c(c(C(F)(F)F)c1)CN(C(C)C)C2=O)N1CCC(F)(F)C1. The Bertz CT molecular complexity index is 729. The number of hydrogen-bond donors (Lipinski definition) is 0. The fourth-order valence-corrected chi connectivity index (χ4v) is 3.67. The van der Waals surface area contributed by atoms with Crippen LogP contribution in [-0.4, -0.2) is 40.8 Å². The van der Waals surface area contributed by atoms with Crippen molar-refractivity contribution in [3.8, 4) is 0 Å². The number of halogens is 5. The normalized spacial score (nSPS) is 21.6. The fraction of sp³-hybridized carbons (Fsp3) is 0.611. The lowest BCUT2D eigenvalue weighted by Crippen LogP contribution is -2.31. The average Bonchev–Trinajstić information content (AvgIpc) is 3.05. The quantitative estimate of drug-likeness (QED) is 0.727. The molecule has 2 aliphatic heterocycles. The van der Waals surface area contributed by atoms with E-state index in [0.717, 1.165) is 6.07 Å². The monoisotopic (exact) mass is 376 g/mol. The third-order valence-electron chi connectivity index (χ3n) is 5.25. The molecule has 3 nitrogen and oxygen atoms in total. The van der Waals surface area contributed by atoms with E-state index in [9.17, 15) is 26.7 Å². The van der Waals surface area contributed by atoms with Crippen molar-refractivity contribution in [3.05, 3.63) is 34.4 Å². The molecule has 1 aromatic rings. The van der Waals surface area contributed by atoms with Crippen LogP contribution in [0.5, 0.6) is 0 Å². The molecule has 0 bridgehead atoms. The van der Waals surface area contributed by atoms with Crippen LogP contribution >= 0.6 is 0 Å². The van der Waals surface area contributed by atoms with Crippen molar-refractivity contribution in [2.24, 2.45) is 0 Å². The van der Waals surface area contributed by atoms with Gasteiger partial charge in [-0.05, 0) is 44.0 Å². The Morgan fingerprint density at radius 2 is 1.81 bits per heavy atom. The van der Waals surface area contributed by atoms with E-state index in [1.54, 1.807) is 20.8 Å². The van der Waals surface area contributed by atoms with Gasteiger partial charge < -0.3 is 4.90 Å². The molecule has 0 saturated carbocycles. The van der Waals surface area contributed by atoms with Crippen molar-refractivity contribution < 1.29 is 26.7 Å². The largest absolute Gasteiger partial charge is 0.416 e. The molecule has 0 N–H and O–H groups in total. The van der Waals surface area contributed by atoms with Gasteiger partial charge in [0.05, 0.1) is 12.1 Å². The average molecular weight is 376 g/mol. The van der Waals surface area contributed by atoms with Gasteiger partial charge in [0.2, 0.25) is 0 Å². The highest BCUT2D eigenvalue weighted by molar-refractivity contribution is 5.99. The van der Waals surface area contributed by atoms with E-state index >= 15 is 0 Å². The molecule has 2 aliphatic rings. The first kappa shape index (κ1) is 19.1. The maximum absolute atomic E-state index is 13.6. The summed E-state index contributed by atoms with van der Waals surface area (Å²) >= 11 is 0. The molecule has 0 radical (unpaired) electrons. The highest BCUT2D eigenvalue weighted by Gasteiger charge is 2.43. The number of fused-ring (bicyclic) bond motifs is 1. The van der Waals surface area contributed by atoms with Gasteiger partial charge in [-0.15, -0.1) is 0 Å². The summed E-state index contributed by atoms with van der Waals surface area (Å²) in [5, 5.41) is 0. The minimum atomic E-state index is -4.61. The predicted molar refractivity (Wildman–Crippen MR) is 86.0 cm³/mol. The highest BCUT2D eigenvalue weighted by atomic mass is 19.4. The van der Waals surface area contributed by atoms with E-state index in [2.05, 4.69) is 0 Å². The maximum atomic E-state index is 13.6. The third kappa shape index (κ3) is 3.31. The molecule has 0 spiro atoms. The Balaban J connectivity index is 2.03. The number of alkyl halides is 5. The molecule has 1 fully saturated rings. The minimum absolute atomic E-state index is 0.0288. The summed E-state index contributed by atoms with van der Waals surface area (Å²) in [6.07, 6.45) is -4.92. The summed E-state index contributed by atoms with van der Waals surface area (Å²) in [5.74, 6) is -3.27. The number of carbonyl (C=O) groups is 1. The highest BCUT2D eigenvalue weighted by Crippen LogP contribution is 2.41. The molecule has 3 rings (SSSR count). The zero-order valence-corrected chi connectivity index (χ0v) is 14.8. The van der Waals surface area contributed by atoms with Gasteiger partial charge in [-0.2, -0.15) is 13.2 Å². The number of amides is 1. The van der Waals surface area contributed by atoms with Gasteiger partial charge in [0, 0.05) is 37.2 Å². The Morgan fingerprint density at radius 3 is 2.31 bits per heavy atom. The van der Waals surface area contributed by atoms with Crippen LogP contribution in [0.15, 0.2) is 12.1 Å². The molecule has 1 unspecified atom stereocenters. The number of nitrogens with zero attached hydrogens (tertiary/aromatic N) is 2. The number of carbonyl (C=O) groups excluding carboxylic acids is 1. The van der Waals surface area contributed by atoms with Crippen LogP contribution in [-0.2, 0) is 12.7 Å². The Hall–Kier alpha value is -1.70. The van der Waals surface area contributed by atoms with Crippen molar-refractivity contribution in [2.45, 2.75) is 57.9 Å².